The Balaban J connectivity index is 2.25. The Morgan fingerprint density at radius 2 is 2.00 bits per heavy atom. The number of benzene rings is 1. The van der Waals surface area contributed by atoms with Gasteiger partial charge in [0.15, 0.2) is 0 Å². The van der Waals surface area contributed by atoms with Crippen molar-refractivity contribution in [2.24, 2.45) is 5.73 Å². The van der Waals surface area contributed by atoms with Crippen molar-refractivity contribution in [3.05, 3.63) is 34.9 Å². The summed E-state index contributed by atoms with van der Waals surface area (Å²) in [6.07, 6.45) is 4.41. The molecule has 0 aliphatic heterocycles. The number of aliphatic hydroxyl groups excluding tert-OH is 1. The normalized spacial score (nSPS) is 18.5. The molecule has 1 aromatic carbocycles. The Labute approximate surface area is 103 Å². The number of aryl methyl sites for hydroxylation is 2. The molecule has 1 aliphatic rings. The molecule has 2 unspecified atom stereocenters. The van der Waals surface area contributed by atoms with Crippen LogP contribution in [0.15, 0.2) is 18.2 Å². The highest BCUT2D eigenvalue weighted by molar-refractivity contribution is 5.35. The highest BCUT2D eigenvalue weighted by Gasteiger charge is 2.19. The number of hydrogen-bond donors (Lipinski definition) is 3. The average Bonchev–Trinajstić information content (AvgIpc) is 2.39. The molecule has 4 N–H and O–H groups in total. The van der Waals surface area contributed by atoms with E-state index in [1.165, 1.54) is 36.8 Å². The Bertz CT molecular complexity index is 378. The van der Waals surface area contributed by atoms with Gasteiger partial charge in [0.25, 0.3) is 0 Å². The maximum Gasteiger partial charge on any atom is 0.0856 e. The summed E-state index contributed by atoms with van der Waals surface area (Å²) in [6, 6.07) is 6.49. The SMILES string of the molecule is CNC(c1ccc2c(c1)CCCC2)C(O)CN. The molecule has 0 spiro atoms. The van der Waals surface area contributed by atoms with Crippen LogP contribution in [0.25, 0.3) is 0 Å². The van der Waals surface area contributed by atoms with Crippen molar-refractivity contribution in [2.45, 2.75) is 37.8 Å². The molecule has 0 heterocycles. The molecule has 1 aromatic rings. The van der Waals surface area contributed by atoms with Crippen LogP contribution in [0.4, 0.5) is 0 Å². The minimum Gasteiger partial charge on any atom is -0.390 e. The molecular weight excluding hydrogens is 212 g/mol. The Kier molecular flexibility index (Phi) is 4.15. The Morgan fingerprint density at radius 1 is 1.29 bits per heavy atom. The third kappa shape index (κ3) is 2.68. The zero-order valence-corrected chi connectivity index (χ0v) is 10.4. The predicted molar refractivity (Wildman–Crippen MR) is 69.9 cm³/mol. The lowest BCUT2D eigenvalue weighted by atomic mass is 9.88. The Hall–Kier alpha value is -0.900. The van der Waals surface area contributed by atoms with Crippen LogP contribution in [0, 0.1) is 0 Å². The van der Waals surface area contributed by atoms with Crippen LogP contribution in [0.2, 0.25) is 0 Å². The summed E-state index contributed by atoms with van der Waals surface area (Å²) in [5, 5.41) is 13.0. The first-order valence-electron chi connectivity index (χ1n) is 6.43. The second-order valence-electron chi connectivity index (χ2n) is 4.80. The highest BCUT2D eigenvalue weighted by Crippen LogP contribution is 2.25. The lowest BCUT2D eigenvalue weighted by molar-refractivity contribution is 0.139. The molecule has 0 radical (unpaired) electrons. The van der Waals surface area contributed by atoms with Gasteiger partial charge in [-0.3, -0.25) is 0 Å². The third-order valence-corrected chi connectivity index (χ3v) is 3.67. The van der Waals surface area contributed by atoms with Gasteiger partial charge in [0.2, 0.25) is 0 Å². The highest BCUT2D eigenvalue weighted by atomic mass is 16.3. The largest absolute Gasteiger partial charge is 0.390 e. The fraction of sp³-hybridized carbons (Fsp3) is 0.571. The molecule has 2 rings (SSSR count). The van der Waals surface area contributed by atoms with Crippen molar-refractivity contribution < 1.29 is 5.11 Å². The summed E-state index contributed by atoms with van der Waals surface area (Å²) in [6.45, 7) is 0.280. The van der Waals surface area contributed by atoms with Gasteiger partial charge in [-0.25, -0.2) is 0 Å². The van der Waals surface area contributed by atoms with Crippen LogP contribution >= 0.6 is 0 Å². The summed E-state index contributed by atoms with van der Waals surface area (Å²) < 4.78 is 0. The van der Waals surface area contributed by atoms with Gasteiger partial charge in [-0.15, -0.1) is 0 Å². The van der Waals surface area contributed by atoms with Crippen molar-refractivity contribution in [1.29, 1.82) is 0 Å². The van der Waals surface area contributed by atoms with Gasteiger partial charge in [0, 0.05) is 6.54 Å². The van der Waals surface area contributed by atoms with E-state index in [0.29, 0.717) is 0 Å². The molecule has 0 fully saturated rings. The van der Waals surface area contributed by atoms with Gasteiger partial charge >= 0.3 is 0 Å². The summed E-state index contributed by atoms with van der Waals surface area (Å²) in [7, 11) is 1.86. The maximum atomic E-state index is 9.89. The molecule has 2 atom stereocenters. The van der Waals surface area contributed by atoms with Crippen LogP contribution in [-0.2, 0) is 12.8 Å². The van der Waals surface area contributed by atoms with E-state index in [9.17, 15) is 5.11 Å². The van der Waals surface area contributed by atoms with Crippen LogP contribution in [0.1, 0.15) is 35.6 Å². The lowest BCUT2D eigenvalue weighted by Crippen LogP contribution is -2.35. The van der Waals surface area contributed by atoms with Crippen LogP contribution in [0.5, 0.6) is 0 Å². The molecule has 0 amide bonds. The molecule has 0 aromatic heterocycles. The standard InChI is InChI=1S/C14H22N2O/c1-16-14(13(17)9-15)12-7-6-10-4-2-3-5-11(10)8-12/h6-8,13-14,16-17H,2-5,9,15H2,1H3. The fourth-order valence-corrected chi connectivity index (χ4v) is 2.66. The van der Waals surface area contributed by atoms with Gasteiger partial charge < -0.3 is 16.2 Å². The molecular formula is C14H22N2O. The summed E-state index contributed by atoms with van der Waals surface area (Å²) >= 11 is 0. The van der Waals surface area contributed by atoms with E-state index in [-0.39, 0.29) is 12.6 Å². The van der Waals surface area contributed by atoms with E-state index >= 15 is 0 Å². The summed E-state index contributed by atoms with van der Waals surface area (Å²) in [5.74, 6) is 0. The smallest absolute Gasteiger partial charge is 0.0856 e. The number of likely N-dealkylation sites (N-methyl/N-ethyl adjacent to an activating group) is 1. The monoisotopic (exact) mass is 234 g/mol. The van der Waals surface area contributed by atoms with E-state index in [0.717, 1.165) is 5.56 Å². The molecule has 17 heavy (non-hydrogen) atoms. The number of hydrogen-bond acceptors (Lipinski definition) is 3. The zero-order valence-electron chi connectivity index (χ0n) is 10.4. The van der Waals surface area contributed by atoms with Crippen LogP contribution < -0.4 is 11.1 Å². The predicted octanol–water partition coefficient (Wildman–Crippen LogP) is 1.15. The number of nitrogens with two attached hydrogens (primary N) is 1. The Morgan fingerprint density at radius 3 is 2.65 bits per heavy atom. The molecule has 3 heteroatoms. The topological polar surface area (TPSA) is 58.3 Å². The second kappa shape index (κ2) is 5.63. The second-order valence-corrected chi connectivity index (χ2v) is 4.80. The zero-order chi connectivity index (χ0) is 12.3. The van der Waals surface area contributed by atoms with Crippen molar-refractivity contribution >= 4 is 0 Å². The first kappa shape index (κ1) is 12.6. The first-order valence-corrected chi connectivity index (χ1v) is 6.43. The van der Waals surface area contributed by atoms with Gasteiger partial charge in [0.05, 0.1) is 12.1 Å². The molecule has 3 nitrogen and oxygen atoms in total. The van der Waals surface area contributed by atoms with Crippen LogP contribution in [-0.4, -0.2) is 24.8 Å². The molecule has 0 bridgehead atoms. The summed E-state index contributed by atoms with van der Waals surface area (Å²) in [5.41, 5.74) is 9.59. The van der Waals surface area contributed by atoms with Crippen molar-refractivity contribution in [3.63, 3.8) is 0 Å². The number of nitrogens with one attached hydrogen (secondary N) is 1. The summed E-state index contributed by atoms with van der Waals surface area (Å²) in [4.78, 5) is 0. The number of aliphatic hydroxyl groups is 1. The minimum atomic E-state index is -0.526. The van der Waals surface area contributed by atoms with Gasteiger partial charge in [-0.05, 0) is 49.4 Å². The van der Waals surface area contributed by atoms with E-state index in [4.69, 9.17) is 5.73 Å². The van der Waals surface area contributed by atoms with Crippen molar-refractivity contribution in [3.8, 4) is 0 Å². The van der Waals surface area contributed by atoms with E-state index in [1.807, 2.05) is 7.05 Å². The molecule has 0 saturated carbocycles. The van der Waals surface area contributed by atoms with Gasteiger partial charge in [-0.1, -0.05) is 18.2 Å². The first-order chi connectivity index (χ1) is 8.26. The fourth-order valence-electron chi connectivity index (χ4n) is 2.66. The third-order valence-electron chi connectivity index (χ3n) is 3.67. The molecule has 94 valence electrons. The number of rotatable bonds is 4. The average molecular weight is 234 g/mol. The molecule has 1 aliphatic carbocycles. The quantitative estimate of drug-likeness (QED) is 0.732. The lowest BCUT2D eigenvalue weighted by Gasteiger charge is -2.24. The van der Waals surface area contributed by atoms with Gasteiger partial charge in [0.1, 0.15) is 0 Å². The van der Waals surface area contributed by atoms with Gasteiger partial charge in [-0.2, -0.15) is 0 Å². The van der Waals surface area contributed by atoms with Crippen molar-refractivity contribution in [2.75, 3.05) is 13.6 Å². The van der Waals surface area contributed by atoms with E-state index < -0.39 is 6.10 Å². The molecule has 0 saturated heterocycles. The van der Waals surface area contributed by atoms with Crippen LogP contribution in [0.3, 0.4) is 0 Å². The van der Waals surface area contributed by atoms with E-state index in [2.05, 4.69) is 23.5 Å². The number of fused-ring (bicyclic) bond motifs is 1. The maximum absolute atomic E-state index is 9.89. The van der Waals surface area contributed by atoms with E-state index in [1.54, 1.807) is 0 Å². The minimum absolute atomic E-state index is 0.0628. The van der Waals surface area contributed by atoms with Crippen molar-refractivity contribution in [1.82, 2.24) is 5.32 Å².